The molecule has 0 unspecified atom stereocenters. The molecular formula is C13H22IN3. The van der Waals surface area contributed by atoms with Crippen LogP contribution in [0.15, 0.2) is 0 Å². The highest BCUT2D eigenvalue weighted by atomic mass is 127. The molecule has 0 aromatic carbocycles. The fourth-order valence-electron chi connectivity index (χ4n) is 1.63. The van der Waals surface area contributed by atoms with Gasteiger partial charge in [-0.15, -0.1) is 0 Å². The van der Waals surface area contributed by atoms with Gasteiger partial charge in [0, 0.05) is 13.0 Å². The molecule has 1 rings (SSSR count). The molecule has 0 aliphatic heterocycles. The van der Waals surface area contributed by atoms with Crippen LogP contribution in [0.4, 0.5) is 5.82 Å². The molecule has 17 heavy (non-hydrogen) atoms. The second-order valence-electron chi connectivity index (χ2n) is 4.48. The van der Waals surface area contributed by atoms with E-state index in [9.17, 15) is 0 Å². The average Bonchev–Trinajstić information content (AvgIpc) is 2.29. The third-order valence-corrected chi connectivity index (χ3v) is 3.63. The molecule has 96 valence electrons. The van der Waals surface area contributed by atoms with Crippen LogP contribution in [0.1, 0.15) is 58.0 Å². The van der Waals surface area contributed by atoms with Crippen LogP contribution in [-0.2, 0) is 6.42 Å². The Balaban J connectivity index is 3.07. The number of nitrogens with one attached hydrogen (secondary N) is 1. The molecule has 0 aliphatic rings. The first-order chi connectivity index (χ1) is 8.10. The number of hydrogen-bond acceptors (Lipinski definition) is 3. The highest BCUT2D eigenvalue weighted by Gasteiger charge is 2.14. The Bertz CT molecular complexity index is 364. The highest BCUT2D eigenvalue weighted by Crippen LogP contribution is 2.25. The van der Waals surface area contributed by atoms with E-state index < -0.39 is 0 Å². The maximum atomic E-state index is 4.69. The summed E-state index contributed by atoms with van der Waals surface area (Å²) in [6.45, 7) is 9.56. The van der Waals surface area contributed by atoms with Crippen molar-refractivity contribution in [2.75, 3.05) is 11.9 Å². The molecule has 0 spiro atoms. The number of rotatable bonds is 6. The van der Waals surface area contributed by atoms with Crippen LogP contribution in [0.25, 0.3) is 0 Å². The van der Waals surface area contributed by atoms with E-state index in [4.69, 9.17) is 4.98 Å². The molecule has 0 aliphatic carbocycles. The minimum Gasteiger partial charge on any atom is -0.369 e. The van der Waals surface area contributed by atoms with Gasteiger partial charge in [-0.3, -0.25) is 0 Å². The number of unbranched alkanes of at least 4 members (excludes halogenated alkanes) is 1. The summed E-state index contributed by atoms with van der Waals surface area (Å²) in [5, 5.41) is 3.33. The maximum Gasteiger partial charge on any atom is 0.143 e. The number of anilines is 1. The molecule has 1 aromatic heterocycles. The van der Waals surface area contributed by atoms with Gasteiger partial charge < -0.3 is 5.32 Å². The Morgan fingerprint density at radius 2 is 1.94 bits per heavy atom. The van der Waals surface area contributed by atoms with Crippen LogP contribution >= 0.6 is 22.6 Å². The number of halogens is 1. The van der Waals surface area contributed by atoms with Gasteiger partial charge in [0.1, 0.15) is 11.6 Å². The first-order valence-corrected chi connectivity index (χ1v) is 7.48. The van der Waals surface area contributed by atoms with E-state index in [-0.39, 0.29) is 0 Å². The zero-order valence-corrected chi connectivity index (χ0v) is 13.3. The molecule has 0 atom stereocenters. The van der Waals surface area contributed by atoms with Gasteiger partial charge in [0.15, 0.2) is 0 Å². The van der Waals surface area contributed by atoms with Crippen molar-refractivity contribution < 1.29 is 0 Å². The molecule has 1 heterocycles. The predicted molar refractivity (Wildman–Crippen MR) is 81.6 cm³/mol. The summed E-state index contributed by atoms with van der Waals surface area (Å²) in [6.07, 6.45) is 3.32. The summed E-state index contributed by atoms with van der Waals surface area (Å²) in [6, 6.07) is 0. The topological polar surface area (TPSA) is 37.8 Å². The first kappa shape index (κ1) is 14.7. The van der Waals surface area contributed by atoms with Gasteiger partial charge in [-0.05, 0) is 41.9 Å². The van der Waals surface area contributed by atoms with E-state index in [1.54, 1.807) is 0 Å². The van der Waals surface area contributed by atoms with Crippen molar-refractivity contribution in [3.05, 3.63) is 15.1 Å². The third kappa shape index (κ3) is 4.08. The Kier molecular flexibility index (Phi) is 6.16. The number of aromatic nitrogens is 2. The van der Waals surface area contributed by atoms with E-state index in [0.717, 1.165) is 31.0 Å². The molecule has 0 saturated carbocycles. The molecule has 0 fully saturated rings. The minimum atomic E-state index is 0.447. The van der Waals surface area contributed by atoms with Gasteiger partial charge in [-0.2, -0.15) is 0 Å². The Hall–Kier alpha value is -0.390. The van der Waals surface area contributed by atoms with Crippen molar-refractivity contribution in [1.82, 2.24) is 9.97 Å². The summed E-state index contributed by atoms with van der Waals surface area (Å²) in [7, 11) is 0. The van der Waals surface area contributed by atoms with Gasteiger partial charge in [0.05, 0.1) is 9.26 Å². The van der Waals surface area contributed by atoms with E-state index >= 15 is 0 Å². The van der Waals surface area contributed by atoms with E-state index in [1.807, 2.05) is 0 Å². The fraction of sp³-hybridized carbons (Fsp3) is 0.692. The molecule has 4 heteroatoms. The van der Waals surface area contributed by atoms with Gasteiger partial charge in [-0.1, -0.05) is 27.2 Å². The molecule has 1 N–H and O–H groups in total. The highest BCUT2D eigenvalue weighted by molar-refractivity contribution is 14.1. The lowest BCUT2D eigenvalue weighted by Crippen LogP contribution is -2.10. The van der Waals surface area contributed by atoms with Crippen molar-refractivity contribution in [2.45, 2.75) is 52.9 Å². The summed E-state index contributed by atoms with van der Waals surface area (Å²) in [5.74, 6) is 2.42. The molecule has 3 nitrogen and oxygen atoms in total. The van der Waals surface area contributed by atoms with Crippen molar-refractivity contribution >= 4 is 28.4 Å². The second kappa shape index (κ2) is 7.13. The van der Waals surface area contributed by atoms with Gasteiger partial charge in [0.2, 0.25) is 0 Å². The SMILES string of the molecule is CCCCc1nc(NCC)c(I)c(C(C)C)n1. The van der Waals surface area contributed by atoms with Gasteiger partial charge in [-0.25, -0.2) is 9.97 Å². The lowest BCUT2D eigenvalue weighted by atomic mass is 10.1. The number of aryl methyl sites for hydroxylation is 1. The zero-order chi connectivity index (χ0) is 12.8. The van der Waals surface area contributed by atoms with Crippen LogP contribution in [-0.4, -0.2) is 16.5 Å². The standard InChI is InChI=1S/C13H22IN3/c1-5-7-8-10-16-12(9(3)4)11(14)13(17-10)15-6-2/h9H,5-8H2,1-4H3,(H,15,16,17). The Labute approximate surface area is 118 Å². The summed E-state index contributed by atoms with van der Waals surface area (Å²) < 4.78 is 1.17. The average molecular weight is 347 g/mol. The maximum absolute atomic E-state index is 4.69. The van der Waals surface area contributed by atoms with Gasteiger partial charge in [0.25, 0.3) is 0 Å². The molecular weight excluding hydrogens is 325 g/mol. The Morgan fingerprint density at radius 3 is 2.47 bits per heavy atom. The molecule has 1 aromatic rings. The number of hydrogen-bond donors (Lipinski definition) is 1. The largest absolute Gasteiger partial charge is 0.369 e. The predicted octanol–water partition coefficient (Wildman–Crippen LogP) is 3.98. The van der Waals surface area contributed by atoms with Crippen LogP contribution in [0.2, 0.25) is 0 Å². The monoisotopic (exact) mass is 347 g/mol. The van der Waals surface area contributed by atoms with E-state index in [1.165, 1.54) is 15.7 Å². The normalized spacial score (nSPS) is 10.9. The van der Waals surface area contributed by atoms with Crippen molar-refractivity contribution in [1.29, 1.82) is 0 Å². The fourth-order valence-corrected chi connectivity index (χ4v) is 2.68. The lowest BCUT2D eigenvalue weighted by Gasteiger charge is -2.14. The van der Waals surface area contributed by atoms with Crippen LogP contribution in [0, 0.1) is 3.57 Å². The van der Waals surface area contributed by atoms with Gasteiger partial charge >= 0.3 is 0 Å². The van der Waals surface area contributed by atoms with E-state index in [0.29, 0.717) is 5.92 Å². The zero-order valence-electron chi connectivity index (χ0n) is 11.2. The molecule has 0 bridgehead atoms. The Morgan fingerprint density at radius 1 is 1.24 bits per heavy atom. The second-order valence-corrected chi connectivity index (χ2v) is 5.55. The third-order valence-electron chi connectivity index (χ3n) is 2.57. The van der Waals surface area contributed by atoms with E-state index in [2.05, 4.69) is 60.6 Å². The minimum absolute atomic E-state index is 0.447. The van der Waals surface area contributed by atoms with Crippen LogP contribution < -0.4 is 5.32 Å². The smallest absolute Gasteiger partial charge is 0.143 e. The van der Waals surface area contributed by atoms with Crippen LogP contribution in [0.3, 0.4) is 0 Å². The molecule has 0 radical (unpaired) electrons. The quantitative estimate of drug-likeness (QED) is 0.791. The first-order valence-electron chi connectivity index (χ1n) is 6.40. The lowest BCUT2D eigenvalue weighted by molar-refractivity contribution is 0.723. The molecule has 0 amide bonds. The summed E-state index contributed by atoms with van der Waals surface area (Å²) >= 11 is 2.35. The summed E-state index contributed by atoms with van der Waals surface area (Å²) in [4.78, 5) is 9.31. The van der Waals surface area contributed by atoms with Crippen molar-refractivity contribution in [3.8, 4) is 0 Å². The van der Waals surface area contributed by atoms with Crippen molar-refractivity contribution in [3.63, 3.8) is 0 Å². The van der Waals surface area contributed by atoms with Crippen molar-refractivity contribution in [2.24, 2.45) is 0 Å². The van der Waals surface area contributed by atoms with Crippen LogP contribution in [0.5, 0.6) is 0 Å². The number of nitrogens with zero attached hydrogens (tertiary/aromatic N) is 2. The molecule has 0 saturated heterocycles. The summed E-state index contributed by atoms with van der Waals surface area (Å²) in [5.41, 5.74) is 1.17.